The van der Waals surface area contributed by atoms with E-state index in [1.165, 1.54) is 4.31 Å². The summed E-state index contributed by atoms with van der Waals surface area (Å²) in [4.78, 5) is 12.6. The van der Waals surface area contributed by atoms with Crippen LogP contribution in [-0.2, 0) is 14.8 Å². The lowest BCUT2D eigenvalue weighted by Gasteiger charge is -2.26. The van der Waals surface area contributed by atoms with Crippen LogP contribution in [0.4, 0.5) is 5.69 Å². The van der Waals surface area contributed by atoms with Crippen molar-refractivity contribution in [1.29, 1.82) is 0 Å². The van der Waals surface area contributed by atoms with Gasteiger partial charge in [-0.25, -0.2) is 8.42 Å². The molecule has 0 aliphatic carbocycles. The van der Waals surface area contributed by atoms with Crippen LogP contribution in [0.25, 0.3) is 0 Å². The van der Waals surface area contributed by atoms with Crippen molar-refractivity contribution in [2.24, 2.45) is 0 Å². The molecule has 26 heavy (non-hydrogen) atoms. The van der Waals surface area contributed by atoms with Crippen LogP contribution in [0.15, 0.2) is 48.5 Å². The van der Waals surface area contributed by atoms with Gasteiger partial charge in [0.15, 0.2) is 0 Å². The zero-order valence-electron chi connectivity index (χ0n) is 15.7. The zero-order valence-corrected chi connectivity index (χ0v) is 16.5. The number of anilines is 1. The average molecular weight is 375 g/mol. The molecule has 1 N–H and O–H groups in total. The van der Waals surface area contributed by atoms with Crippen molar-refractivity contribution >= 4 is 21.6 Å². The van der Waals surface area contributed by atoms with Gasteiger partial charge in [-0.3, -0.25) is 9.10 Å². The molecule has 140 valence electrons. The van der Waals surface area contributed by atoms with Crippen LogP contribution < -0.4 is 9.62 Å². The molecule has 0 fully saturated rings. The molecule has 1 atom stereocenters. The number of amides is 1. The fourth-order valence-corrected chi connectivity index (χ4v) is 3.77. The Morgan fingerprint density at radius 3 is 2.31 bits per heavy atom. The highest BCUT2D eigenvalue weighted by Gasteiger charge is 2.24. The molecule has 0 aliphatic heterocycles. The summed E-state index contributed by atoms with van der Waals surface area (Å²) >= 11 is 0. The van der Waals surface area contributed by atoms with Gasteiger partial charge in [0, 0.05) is 0 Å². The summed E-state index contributed by atoms with van der Waals surface area (Å²) < 4.78 is 25.8. The van der Waals surface area contributed by atoms with Crippen molar-refractivity contribution < 1.29 is 13.2 Å². The number of sulfonamides is 1. The van der Waals surface area contributed by atoms with Crippen LogP contribution >= 0.6 is 0 Å². The Balaban J connectivity index is 2.24. The second kappa shape index (κ2) is 8.36. The number of hydrogen-bond donors (Lipinski definition) is 1. The maximum Gasteiger partial charge on any atom is 0.241 e. The van der Waals surface area contributed by atoms with Crippen LogP contribution in [0.2, 0.25) is 0 Å². The molecule has 0 unspecified atom stereocenters. The monoisotopic (exact) mass is 374 g/mol. The van der Waals surface area contributed by atoms with E-state index in [1.807, 2.05) is 57.2 Å². The molecule has 0 heterocycles. The Kier molecular flexibility index (Phi) is 6.42. The molecule has 5 nitrogen and oxygen atoms in total. The number of hydrogen-bond acceptors (Lipinski definition) is 3. The zero-order chi connectivity index (χ0) is 19.3. The molecule has 2 rings (SSSR count). The van der Waals surface area contributed by atoms with E-state index in [1.54, 1.807) is 12.1 Å². The van der Waals surface area contributed by atoms with Gasteiger partial charge < -0.3 is 5.32 Å². The van der Waals surface area contributed by atoms with E-state index >= 15 is 0 Å². The van der Waals surface area contributed by atoms with Gasteiger partial charge >= 0.3 is 0 Å². The van der Waals surface area contributed by atoms with E-state index in [4.69, 9.17) is 0 Å². The molecule has 0 saturated heterocycles. The third-order valence-electron chi connectivity index (χ3n) is 4.48. The highest BCUT2D eigenvalue weighted by molar-refractivity contribution is 7.92. The fraction of sp³-hybridized carbons (Fsp3) is 0.350. The molecular formula is C20H26N2O3S. The van der Waals surface area contributed by atoms with Gasteiger partial charge in [0.2, 0.25) is 15.9 Å². The number of aryl methyl sites for hydroxylation is 1. The number of rotatable bonds is 7. The first-order chi connectivity index (χ1) is 12.2. The fourth-order valence-electron chi connectivity index (χ4n) is 2.86. The van der Waals surface area contributed by atoms with Crippen molar-refractivity contribution in [1.82, 2.24) is 5.32 Å². The first-order valence-corrected chi connectivity index (χ1v) is 10.5. The normalized spacial score (nSPS) is 12.5. The molecule has 0 saturated carbocycles. The van der Waals surface area contributed by atoms with Crippen LogP contribution in [0, 0.1) is 13.8 Å². The number of carbonyl (C=O) groups is 1. The Morgan fingerprint density at radius 1 is 1.08 bits per heavy atom. The Labute approximate surface area is 156 Å². The topological polar surface area (TPSA) is 66.5 Å². The lowest BCUT2D eigenvalue weighted by molar-refractivity contribution is -0.120. The largest absolute Gasteiger partial charge is 0.348 e. The maximum absolute atomic E-state index is 12.6. The molecular weight excluding hydrogens is 348 g/mol. The summed E-state index contributed by atoms with van der Waals surface area (Å²) in [6.07, 6.45) is 1.84. The molecule has 0 aliphatic rings. The number of benzene rings is 2. The first-order valence-electron chi connectivity index (χ1n) is 8.62. The maximum atomic E-state index is 12.6. The molecule has 0 bridgehead atoms. The van der Waals surface area contributed by atoms with Crippen LogP contribution in [0.3, 0.4) is 0 Å². The van der Waals surface area contributed by atoms with Gasteiger partial charge in [0.1, 0.15) is 6.54 Å². The van der Waals surface area contributed by atoms with Crippen LogP contribution in [0.1, 0.15) is 36.1 Å². The predicted octanol–water partition coefficient (Wildman–Crippen LogP) is 3.34. The van der Waals surface area contributed by atoms with Gasteiger partial charge in [-0.1, -0.05) is 49.4 Å². The molecule has 2 aromatic rings. The van der Waals surface area contributed by atoms with Gasteiger partial charge in [-0.15, -0.1) is 0 Å². The van der Waals surface area contributed by atoms with E-state index in [-0.39, 0.29) is 18.5 Å². The van der Waals surface area contributed by atoms with E-state index in [9.17, 15) is 13.2 Å². The van der Waals surface area contributed by atoms with E-state index in [2.05, 4.69) is 5.32 Å². The summed E-state index contributed by atoms with van der Waals surface area (Å²) in [5, 5.41) is 2.94. The van der Waals surface area contributed by atoms with Crippen LogP contribution in [0.5, 0.6) is 0 Å². The Bertz CT molecular complexity index is 864. The van der Waals surface area contributed by atoms with E-state index in [0.717, 1.165) is 29.4 Å². The Hall–Kier alpha value is -2.34. The Morgan fingerprint density at radius 2 is 1.73 bits per heavy atom. The van der Waals surface area contributed by atoms with Gasteiger partial charge in [0.05, 0.1) is 18.0 Å². The summed E-state index contributed by atoms with van der Waals surface area (Å²) in [5.74, 6) is -0.327. The summed E-state index contributed by atoms with van der Waals surface area (Å²) in [5.41, 5.74) is 3.37. The minimum Gasteiger partial charge on any atom is -0.348 e. The minimum atomic E-state index is -3.59. The predicted molar refractivity (Wildman–Crippen MR) is 106 cm³/mol. The standard InChI is InChI=1S/C20H26N2O3S/c1-5-18(17-11-7-6-8-12-17)21-20(23)14-22(26(4,24)25)19-13-9-10-15(2)16(19)3/h6-13,18H,5,14H2,1-4H3,(H,21,23)/t18-/m1/s1. The summed E-state index contributed by atoms with van der Waals surface area (Å²) in [7, 11) is -3.59. The van der Waals surface area contributed by atoms with Crippen LogP contribution in [-0.4, -0.2) is 27.1 Å². The number of nitrogens with zero attached hydrogens (tertiary/aromatic N) is 1. The SMILES string of the molecule is CC[C@@H](NC(=O)CN(c1cccc(C)c1C)S(C)(=O)=O)c1ccccc1. The first kappa shape index (κ1) is 20.0. The van der Waals surface area contributed by atoms with Gasteiger partial charge in [0.25, 0.3) is 0 Å². The van der Waals surface area contributed by atoms with Crippen molar-refractivity contribution in [2.45, 2.75) is 33.2 Å². The minimum absolute atomic E-state index is 0.149. The second-order valence-corrected chi connectivity index (χ2v) is 8.33. The van der Waals surface area contributed by atoms with Crippen molar-refractivity contribution in [3.63, 3.8) is 0 Å². The molecule has 6 heteroatoms. The summed E-state index contributed by atoms with van der Waals surface area (Å²) in [6.45, 7) is 5.52. The van der Waals surface area contributed by atoms with Crippen molar-refractivity contribution in [2.75, 3.05) is 17.1 Å². The summed E-state index contributed by atoms with van der Waals surface area (Å²) in [6, 6.07) is 15.0. The smallest absolute Gasteiger partial charge is 0.241 e. The van der Waals surface area contributed by atoms with Crippen molar-refractivity contribution in [3.05, 3.63) is 65.2 Å². The van der Waals surface area contributed by atoms with Crippen molar-refractivity contribution in [3.8, 4) is 0 Å². The molecule has 0 aromatic heterocycles. The lowest BCUT2D eigenvalue weighted by Crippen LogP contribution is -2.41. The molecule has 1 amide bonds. The third kappa shape index (κ3) is 4.85. The number of carbonyl (C=O) groups excluding carboxylic acids is 1. The third-order valence-corrected chi connectivity index (χ3v) is 5.60. The lowest BCUT2D eigenvalue weighted by atomic mass is 10.0. The van der Waals surface area contributed by atoms with Gasteiger partial charge in [-0.2, -0.15) is 0 Å². The molecule has 0 spiro atoms. The number of nitrogens with one attached hydrogen (secondary N) is 1. The van der Waals surface area contributed by atoms with E-state index in [0.29, 0.717) is 5.69 Å². The molecule has 2 aromatic carbocycles. The quantitative estimate of drug-likeness (QED) is 0.808. The highest BCUT2D eigenvalue weighted by Crippen LogP contribution is 2.25. The highest BCUT2D eigenvalue weighted by atomic mass is 32.2. The second-order valence-electron chi connectivity index (χ2n) is 6.43. The molecule has 0 radical (unpaired) electrons. The van der Waals surface area contributed by atoms with Gasteiger partial charge in [-0.05, 0) is 43.0 Å². The van der Waals surface area contributed by atoms with E-state index < -0.39 is 10.0 Å². The average Bonchev–Trinajstić information content (AvgIpc) is 2.60.